The molecule has 0 unspecified atom stereocenters. The summed E-state index contributed by atoms with van der Waals surface area (Å²) in [6.07, 6.45) is 2.48. The minimum absolute atomic E-state index is 0.158. The van der Waals surface area contributed by atoms with Gasteiger partial charge in [0.05, 0.1) is 17.3 Å². The summed E-state index contributed by atoms with van der Waals surface area (Å²) in [6.45, 7) is 2.68. The third-order valence-electron chi connectivity index (χ3n) is 2.25. The number of rotatable bonds is 5. The van der Waals surface area contributed by atoms with Crippen molar-refractivity contribution in [2.45, 2.75) is 13.3 Å². The number of hydrogen-bond acceptors (Lipinski definition) is 5. The first kappa shape index (κ1) is 13.6. The Morgan fingerprint density at radius 1 is 1.26 bits per heavy atom. The van der Waals surface area contributed by atoms with Crippen LogP contribution in [0.4, 0.5) is 5.95 Å². The van der Waals surface area contributed by atoms with E-state index in [4.69, 9.17) is 15.2 Å². The number of hydrogen-bond donors (Lipinski definition) is 1. The van der Waals surface area contributed by atoms with Crippen molar-refractivity contribution >= 4 is 21.9 Å². The molecule has 0 atom stereocenters. The van der Waals surface area contributed by atoms with Crippen LogP contribution in [0.2, 0.25) is 0 Å². The topological polar surface area (TPSA) is 70.3 Å². The van der Waals surface area contributed by atoms with Gasteiger partial charge in [-0.2, -0.15) is 4.98 Å². The number of anilines is 1. The highest BCUT2D eigenvalue weighted by Gasteiger charge is 2.10. The largest absolute Gasteiger partial charge is 0.490 e. The molecule has 0 aliphatic heterocycles. The predicted molar refractivity (Wildman–Crippen MR) is 76.4 cm³/mol. The average Bonchev–Trinajstić information content (AvgIpc) is 2.42. The van der Waals surface area contributed by atoms with E-state index >= 15 is 0 Å². The van der Waals surface area contributed by atoms with E-state index < -0.39 is 0 Å². The van der Waals surface area contributed by atoms with Crippen molar-refractivity contribution in [2.75, 3.05) is 12.3 Å². The standard InChI is InChI=1S/C13H14BrN3O2/c1-2-7-18-10-5-3-4-6-11(10)19-12-9(14)8-16-13(15)17-12/h3-6,8H,2,7H2,1H3,(H2,15,16,17). The Bertz CT molecular complexity index is 563. The van der Waals surface area contributed by atoms with Crippen molar-refractivity contribution in [1.29, 1.82) is 0 Å². The molecule has 0 aliphatic rings. The molecule has 0 aliphatic carbocycles. The van der Waals surface area contributed by atoms with Crippen LogP contribution >= 0.6 is 15.9 Å². The highest BCUT2D eigenvalue weighted by Crippen LogP contribution is 2.33. The number of nitrogen functional groups attached to an aromatic ring is 1. The Balaban J connectivity index is 2.25. The minimum atomic E-state index is 0.158. The number of para-hydroxylation sites is 2. The lowest BCUT2D eigenvalue weighted by atomic mass is 10.3. The first-order valence-electron chi connectivity index (χ1n) is 5.88. The normalized spacial score (nSPS) is 10.2. The quantitative estimate of drug-likeness (QED) is 0.913. The number of halogens is 1. The molecule has 0 bridgehead atoms. The number of benzene rings is 1. The maximum Gasteiger partial charge on any atom is 0.238 e. The van der Waals surface area contributed by atoms with Gasteiger partial charge in [0.2, 0.25) is 11.8 Å². The molecule has 1 heterocycles. The summed E-state index contributed by atoms with van der Waals surface area (Å²) in [7, 11) is 0. The van der Waals surface area contributed by atoms with Gasteiger partial charge in [0, 0.05) is 0 Å². The Labute approximate surface area is 119 Å². The van der Waals surface area contributed by atoms with Gasteiger partial charge in [-0.3, -0.25) is 0 Å². The molecule has 0 radical (unpaired) electrons. The first-order chi connectivity index (χ1) is 9.20. The molecule has 1 aromatic heterocycles. The number of ether oxygens (including phenoxy) is 2. The van der Waals surface area contributed by atoms with E-state index in [1.165, 1.54) is 0 Å². The van der Waals surface area contributed by atoms with Crippen molar-refractivity contribution in [3.05, 3.63) is 34.9 Å². The minimum Gasteiger partial charge on any atom is -0.490 e. The Kier molecular flexibility index (Phi) is 4.57. The van der Waals surface area contributed by atoms with Crippen molar-refractivity contribution in [3.8, 4) is 17.4 Å². The molecule has 100 valence electrons. The van der Waals surface area contributed by atoms with Gasteiger partial charge < -0.3 is 15.2 Å². The lowest BCUT2D eigenvalue weighted by Gasteiger charge is -2.12. The van der Waals surface area contributed by atoms with E-state index in [0.717, 1.165) is 6.42 Å². The Morgan fingerprint density at radius 2 is 2.00 bits per heavy atom. The SMILES string of the molecule is CCCOc1ccccc1Oc1nc(N)ncc1Br. The summed E-state index contributed by atoms with van der Waals surface area (Å²) in [5, 5.41) is 0. The van der Waals surface area contributed by atoms with Gasteiger partial charge in [-0.15, -0.1) is 0 Å². The van der Waals surface area contributed by atoms with E-state index in [9.17, 15) is 0 Å². The fraction of sp³-hybridized carbons (Fsp3) is 0.231. The summed E-state index contributed by atoms with van der Waals surface area (Å²) in [6, 6.07) is 7.42. The predicted octanol–water partition coefficient (Wildman–Crippen LogP) is 3.40. The van der Waals surface area contributed by atoms with Crippen molar-refractivity contribution in [3.63, 3.8) is 0 Å². The third kappa shape index (κ3) is 3.57. The molecule has 0 saturated heterocycles. The Morgan fingerprint density at radius 3 is 2.74 bits per heavy atom. The zero-order valence-electron chi connectivity index (χ0n) is 10.5. The number of nitrogens with zero attached hydrogens (tertiary/aromatic N) is 2. The fourth-order valence-electron chi connectivity index (χ4n) is 1.41. The zero-order valence-corrected chi connectivity index (χ0v) is 12.1. The van der Waals surface area contributed by atoms with Gasteiger partial charge in [-0.1, -0.05) is 19.1 Å². The van der Waals surface area contributed by atoms with Gasteiger partial charge in [0.25, 0.3) is 0 Å². The summed E-state index contributed by atoms with van der Waals surface area (Å²) in [4.78, 5) is 7.89. The second kappa shape index (κ2) is 6.38. The van der Waals surface area contributed by atoms with Crippen LogP contribution in [0.3, 0.4) is 0 Å². The van der Waals surface area contributed by atoms with Crippen LogP contribution in [0.1, 0.15) is 13.3 Å². The molecule has 2 rings (SSSR count). The average molecular weight is 324 g/mol. The molecule has 1 aromatic carbocycles. The van der Waals surface area contributed by atoms with Crippen LogP contribution in [-0.2, 0) is 0 Å². The monoisotopic (exact) mass is 323 g/mol. The molecule has 19 heavy (non-hydrogen) atoms. The van der Waals surface area contributed by atoms with Crippen LogP contribution in [0.5, 0.6) is 17.4 Å². The highest BCUT2D eigenvalue weighted by atomic mass is 79.9. The molecular weight excluding hydrogens is 310 g/mol. The van der Waals surface area contributed by atoms with Crippen LogP contribution in [0.25, 0.3) is 0 Å². The third-order valence-corrected chi connectivity index (χ3v) is 2.79. The molecule has 0 fully saturated rings. The second-order valence-corrected chi connectivity index (χ2v) is 4.63. The van der Waals surface area contributed by atoms with Crippen molar-refractivity contribution < 1.29 is 9.47 Å². The van der Waals surface area contributed by atoms with Gasteiger partial charge in [-0.25, -0.2) is 4.98 Å². The molecule has 5 nitrogen and oxygen atoms in total. The Hall–Kier alpha value is -1.82. The zero-order chi connectivity index (χ0) is 13.7. The lowest BCUT2D eigenvalue weighted by Crippen LogP contribution is -2.00. The van der Waals surface area contributed by atoms with Gasteiger partial charge in [0.15, 0.2) is 11.5 Å². The molecule has 6 heteroatoms. The van der Waals surface area contributed by atoms with Crippen LogP contribution in [-0.4, -0.2) is 16.6 Å². The van der Waals surface area contributed by atoms with E-state index in [-0.39, 0.29) is 5.95 Å². The molecule has 2 N–H and O–H groups in total. The van der Waals surface area contributed by atoms with E-state index in [1.54, 1.807) is 6.20 Å². The molecule has 0 spiro atoms. The van der Waals surface area contributed by atoms with Crippen LogP contribution in [0.15, 0.2) is 34.9 Å². The molecule has 0 amide bonds. The molecular formula is C13H14BrN3O2. The van der Waals surface area contributed by atoms with E-state index in [2.05, 4.69) is 25.9 Å². The van der Waals surface area contributed by atoms with Crippen molar-refractivity contribution in [1.82, 2.24) is 9.97 Å². The second-order valence-electron chi connectivity index (χ2n) is 3.78. The van der Waals surface area contributed by atoms with E-state index in [0.29, 0.717) is 28.5 Å². The summed E-state index contributed by atoms with van der Waals surface area (Å²) in [5.74, 6) is 1.79. The van der Waals surface area contributed by atoms with Gasteiger partial charge in [-0.05, 0) is 34.5 Å². The fourth-order valence-corrected chi connectivity index (χ4v) is 1.68. The lowest BCUT2D eigenvalue weighted by molar-refractivity contribution is 0.300. The van der Waals surface area contributed by atoms with Crippen LogP contribution in [0, 0.1) is 0 Å². The number of nitrogens with two attached hydrogens (primary N) is 1. The van der Waals surface area contributed by atoms with Crippen LogP contribution < -0.4 is 15.2 Å². The van der Waals surface area contributed by atoms with E-state index in [1.807, 2.05) is 31.2 Å². The van der Waals surface area contributed by atoms with Crippen molar-refractivity contribution in [2.24, 2.45) is 0 Å². The first-order valence-corrected chi connectivity index (χ1v) is 6.67. The number of aromatic nitrogens is 2. The maximum atomic E-state index is 5.72. The molecule has 0 saturated carbocycles. The van der Waals surface area contributed by atoms with Gasteiger partial charge >= 0.3 is 0 Å². The summed E-state index contributed by atoms with van der Waals surface area (Å²) >= 11 is 3.32. The summed E-state index contributed by atoms with van der Waals surface area (Å²) < 4.78 is 12.0. The summed E-state index contributed by atoms with van der Waals surface area (Å²) in [5.41, 5.74) is 5.55. The highest BCUT2D eigenvalue weighted by molar-refractivity contribution is 9.10. The van der Waals surface area contributed by atoms with Gasteiger partial charge in [0.1, 0.15) is 0 Å². The smallest absolute Gasteiger partial charge is 0.238 e. The molecule has 2 aromatic rings. The maximum absolute atomic E-state index is 5.72.